The summed E-state index contributed by atoms with van der Waals surface area (Å²) in [4.78, 5) is 2.23. The molecule has 4 heteroatoms. The summed E-state index contributed by atoms with van der Waals surface area (Å²) in [6, 6.07) is 0. The topological polar surface area (TPSA) is 37.6 Å². The van der Waals surface area contributed by atoms with E-state index in [-0.39, 0.29) is 58.0 Å². The smallest absolute Gasteiger partial charge is 0.660 e. The fraction of sp³-hybridized carbons (Fsp3) is 1.00. The predicted molar refractivity (Wildman–Crippen MR) is 48.0 cm³/mol. The van der Waals surface area contributed by atoms with Crippen molar-refractivity contribution in [1.82, 2.24) is 4.90 Å². The number of hydrogen-bond donors (Lipinski definition) is 1. The van der Waals surface area contributed by atoms with E-state index in [2.05, 4.69) is 10.2 Å². The van der Waals surface area contributed by atoms with Crippen LogP contribution in [0.1, 0.15) is 13.8 Å². The minimum absolute atomic E-state index is 0. The summed E-state index contributed by atoms with van der Waals surface area (Å²) < 4.78 is 0. The van der Waals surface area contributed by atoms with Crippen molar-refractivity contribution in [1.29, 1.82) is 0 Å². The van der Waals surface area contributed by atoms with Crippen LogP contribution >= 0.6 is 0 Å². The summed E-state index contributed by atoms with van der Waals surface area (Å²) in [5.74, 6) is 0. The van der Waals surface area contributed by atoms with Crippen molar-refractivity contribution in [3.8, 4) is 0 Å². The van der Waals surface area contributed by atoms with Gasteiger partial charge in [0.1, 0.15) is 0 Å². The molecule has 3 nitrogen and oxygen atoms in total. The van der Waals surface area contributed by atoms with Gasteiger partial charge in [0.15, 0.2) is 0 Å². The molecule has 1 N–H and O–H groups in total. The van der Waals surface area contributed by atoms with Crippen molar-refractivity contribution < 1.29 is 56.5 Å². The zero-order valence-corrected chi connectivity index (χ0v) is 11.7. The minimum atomic E-state index is 0. The van der Waals surface area contributed by atoms with Gasteiger partial charge >= 0.3 is 51.4 Å². The number of hydrogen-bond acceptors (Lipinski definition) is 2. The molecule has 0 radical (unpaired) electrons. The Kier molecular flexibility index (Phi) is 16.7. The van der Waals surface area contributed by atoms with E-state index < -0.39 is 0 Å². The van der Waals surface area contributed by atoms with Crippen molar-refractivity contribution in [2.75, 3.05) is 39.3 Å². The first kappa shape index (κ1) is 16.0. The summed E-state index contributed by atoms with van der Waals surface area (Å²) in [5, 5.41) is 12.7. The summed E-state index contributed by atoms with van der Waals surface area (Å²) in [7, 11) is 0. The van der Waals surface area contributed by atoms with Crippen LogP contribution in [0.5, 0.6) is 0 Å². The van der Waals surface area contributed by atoms with Crippen molar-refractivity contribution in [2.24, 2.45) is 0 Å². The van der Waals surface area contributed by atoms with Gasteiger partial charge in [0.2, 0.25) is 0 Å². The number of nitrogens with zero attached hydrogens (tertiary/aromatic N) is 2. The minimum Gasteiger partial charge on any atom is -0.660 e. The average molecular weight is 198 g/mol. The molecule has 1 rings (SSSR count). The van der Waals surface area contributed by atoms with E-state index in [1.165, 1.54) is 0 Å². The zero-order chi connectivity index (χ0) is 8.53. The first-order valence-electron chi connectivity index (χ1n) is 4.40. The van der Waals surface area contributed by atoms with Gasteiger partial charge in [-0.2, -0.15) is 0 Å². The Morgan fingerprint density at radius 3 is 2.17 bits per heavy atom. The van der Waals surface area contributed by atoms with Crippen LogP contribution in [0, 0.1) is 0 Å². The van der Waals surface area contributed by atoms with Crippen LogP contribution in [0.15, 0.2) is 0 Å². The number of rotatable bonds is 2. The molecule has 0 aromatic rings. The van der Waals surface area contributed by atoms with Crippen LogP contribution in [0.2, 0.25) is 0 Å². The molecule has 0 aliphatic carbocycles. The van der Waals surface area contributed by atoms with Gasteiger partial charge in [-0.1, -0.05) is 13.8 Å². The van der Waals surface area contributed by atoms with Crippen molar-refractivity contribution in [2.45, 2.75) is 13.8 Å². The van der Waals surface area contributed by atoms with E-state index in [0.29, 0.717) is 0 Å². The van der Waals surface area contributed by atoms with Crippen LogP contribution in [0.25, 0.3) is 5.32 Å². The average Bonchev–Trinajstić information content (AvgIpc) is 2.11. The molecule has 0 saturated carbocycles. The van der Waals surface area contributed by atoms with Crippen LogP contribution in [-0.4, -0.2) is 49.3 Å². The number of aliphatic hydroxyl groups excluding tert-OH is 1. The third kappa shape index (κ3) is 8.13. The first-order chi connectivity index (χ1) is 5.43. The van der Waals surface area contributed by atoms with Crippen molar-refractivity contribution >= 4 is 0 Å². The Morgan fingerprint density at radius 1 is 1.25 bits per heavy atom. The molecule has 68 valence electrons. The van der Waals surface area contributed by atoms with Gasteiger partial charge in [-0.25, -0.2) is 0 Å². The second-order valence-electron chi connectivity index (χ2n) is 2.24. The normalized spacial score (nSPS) is 17.2. The molecule has 1 saturated heterocycles. The summed E-state index contributed by atoms with van der Waals surface area (Å²) in [6.45, 7) is 9.04. The molecular formula is C8H19KN2O. The Bertz CT molecular complexity index is 74.7. The third-order valence-electron chi connectivity index (χ3n) is 1.56. The molecule has 0 bridgehead atoms. The molecule has 0 unspecified atom stereocenters. The molecule has 0 atom stereocenters. The molecule has 1 heterocycles. The van der Waals surface area contributed by atoms with Gasteiger partial charge in [-0.05, 0) is 13.1 Å². The predicted octanol–water partition coefficient (Wildman–Crippen LogP) is -2.30. The van der Waals surface area contributed by atoms with E-state index in [1.54, 1.807) is 0 Å². The van der Waals surface area contributed by atoms with Crippen LogP contribution in [0.4, 0.5) is 0 Å². The van der Waals surface area contributed by atoms with Crippen LogP contribution in [-0.2, 0) is 0 Å². The molecule has 0 spiro atoms. The van der Waals surface area contributed by atoms with Gasteiger partial charge in [0, 0.05) is 6.54 Å². The summed E-state index contributed by atoms with van der Waals surface area (Å²) in [6.07, 6.45) is 0. The maximum Gasteiger partial charge on any atom is 1.00 e. The molecule has 1 fully saturated rings. The molecule has 0 amide bonds. The van der Waals surface area contributed by atoms with E-state index in [4.69, 9.17) is 5.11 Å². The van der Waals surface area contributed by atoms with Crippen molar-refractivity contribution in [3.05, 3.63) is 5.32 Å². The number of aliphatic hydroxyl groups is 1. The molecule has 1 aliphatic heterocycles. The Morgan fingerprint density at radius 2 is 1.75 bits per heavy atom. The maximum absolute atomic E-state index is 8.55. The van der Waals surface area contributed by atoms with Crippen molar-refractivity contribution in [3.63, 3.8) is 0 Å². The summed E-state index contributed by atoms with van der Waals surface area (Å²) in [5.41, 5.74) is 0. The number of piperazine rings is 1. The standard InChI is InChI=1S/C6H13N2O.C2H6.K/c9-6-5-8-3-1-7-2-4-8;1-2;/h9H,1-6H2;1-2H3;/q-1;;+1. The zero-order valence-electron chi connectivity index (χ0n) is 8.58. The van der Waals surface area contributed by atoms with E-state index in [1.807, 2.05) is 13.8 Å². The van der Waals surface area contributed by atoms with Gasteiger partial charge in [0.25, 0.3) is 0 Å². The van der Waals surface area contributed by atoms with Gasteiger partial charge in [-0.3, -0.25) is 0 Å². The Labute approximate surface area is 118 Å². The summed E-state index contributed by atoms with van der Waals surface area (Å²) >= 11 is 0. The fourth-order valence-corrected chi connectivity index (χ4v) is 1.01. The van der Waals surface area contributed by atoms with Gasteiger partial charge < -0.3 is 15.3 Å². The maximum atomic E-state index is 8.55. The first-order valence-corrected chi connectivity index (χ1v) is 4.40. The quantitative estimate of drug-likeness (QED) is 0.507. The van der Waals surface area contributed by atoms with E-state index in [9.17, 15) is 0 Å². The largest absolute Gasteiger partial charge is 1.00 e. The molecule has 1 aliphatic rings. The molecule has 0 aromatic heterocycles. The van der Waals surface area contributed by atoms with Gasteiger partial charge in [0.05, 0.1) is 6.61 Å². The monoisotopic (exact) mass is 198 g/mol. The Balaban J connectivity index is 0. The molecular weight excluding hydrogens is 179 g/mol. The Hall–Kier alpha value is 1.52. The third-order valence-corrected chi connectivity index (χ3v) is 1.56. The van der Waals surface area contributed by atoms with Gasteiger partial charge in [-0.15, -0.1) is 13.1 Å². The second kappa shape index (κ2) is 12.5. The molecule has 0 aromatic carbocycles. The van der Waals surface area contributed by atoms with E-state index >= 15 is 0 Å². The SMILES string of the molecule is CC.OCCN1CC[N-]CC1.[K+]. The van der Waals surface area contributed by atoms with Crippen LogP contribution in [0.3, 0.4) is 0 Å². The number of β-amino-alcohol motifs (C(OH)–C–C–N with tert-alkyl or cyclic N) is 1. The second-order valence-corrected chi connectivity index (χ2v) is 2.24. The van der Waals surface area contributed by atoms with Crippen LogP contribution < -0.4 is 51.4 Å². The molecule has 12 heavy (non-hydrogen) atoms. The fourth-order valence-electron chi connectivity index (χ4n) is 1.01. The van der Waals surface area contributed by atoms with E-state index in [0.717, 1.165) is 32.7 Å².